The van der Waals surface area contributed by atoms with Crippen LogP contribution in [0.3, 0.4) is 0 Å². The number of benzene rings is 2. The van der Waals surface area contributed by atoms with Crippen molar-refractivity contribution in [2.75, 3.05) is 32.4 Å². The van der Waals surface area contributed by atoms with Gasteiger partial charge in [0.2, 0.25) is 11.8 Å². The molecule has 0 aromatic heterocycles. The molecule has 2 aromatic rings. The molecule has 0 radical (unpaired) electrons. The molecule has 2 aromatic carbocycles. The predicted octanol–water partition coefficient (Wildman–Crippen LogP) is 3.32. The monoisotopic (exact) mass is 566 g/mol. The third kappa shape index (κ3) is 6.77. The number of amides is 2. The van der Waals surface area contributed by atoms with Gasteiger partial charge in [-0.3, -0.25) is 9.59 Å². The number of nitrogens with one attached hydrogen (secondary N) is 2. The van der Waals surface area contributed by atoms with Crippen LogP contribution in [0.1, 0.15) is 75.0 Å². The van der Waals surface area contributed by atoms with Crippen molar-refractivity contribution < 1.29 is 22.9 Å². The standard InChI is InChI=1S/C32H43N3O4S/c1-40(38,39)28-14-12-25(13-15-28)24-35-23-19-32(31(35)37)17-21-34(22-18-32)20-16-29(26-8-4-2-5-9-26)33-30(36)27-10-6-3-7-11-27/h2,4-5,8-9,12-15,27,29H,3,6-7,10-11,16-24H2,1H3,(H,33,36)/p+1/t29-/m0/s1. The molecular formula is C32H44N3O4S+. The first-order chi connectivity index (χ1) is 19.2. The molecule has 5 rings (SSSR count). The fraction of sp³-hybridized carbons (Fsp3) is 0.562. The molecule has 3 aliphatic rings. The van der Waals surface area contributed by atoms with E-state index >= 15 is 0 Å². The van der Waals surface area contributed by atoms with Gasteiger partial charge in [0.1, 0.15) is 0 Å². The van der Waals surface area contributed by atoms with Crippen LogP contribution in [0.5, 0.6) is 0 Å². The fourth-order valence-electron chi connectivity index (χ4n) is 6.91. The van der Waals surface area contributed by atoms with Crippen LogP contribution in [0.4, 0.5) is 0 Å². The molecule has 0 bridgehead atoms. The lowest BCUT2D eigenvalue weighted by molar-refractivity contribution is -0.907. The van der Waals surface area contributed by atoms with Gasteiger partial charge in [-0.05, 0) is 42.5 Å². The highest BCUT2D eigenvalue weighted by Gasteiger charge is 2.49. The number of carbonyl (C=O) groups is 2. The third-order valence-electron chi connectivity index (χ3n) is 9.52. The number of nitrogens with zero attached hydrogens (tertiary/aromatic N) is 1. The summed E-state index contributed by atoms with van der Waals surface area (Å²) in [7, 11) is -3.23. The average Bonchev–Trinajstić information content (AvgIpc) is 3.26. The van der Waals surface area contributed by atoms with Gasteiger partial charge >= 0.3 is 0 Å². The highest BCUT2D eigenvalue weighted by molar-refractivity contribution is 7.90. The lowest BCUT2D eigenvalue weighted by Crippen LogP contribution is -3.13. The van der Waals surface area contributed by atoms with Crippen LogP contribution >= 0.6 is 0 Å². The largest absolute Gasteiger partial charge is 0.349 e. The van der Waals surface area contributed by atoms with E-state index in [-0.39, 0.29) is 29.2 Å². The van der Waals surface area contributed by atoms with E-state index in [1.54, 1.807) is 12.1 Å². The first-order valence-corrected chi connectivity index (χ1v) is 16.9. The molecule has 3 fully saturated rings. The van der Waals surface area contributed by atoms with E-state index in [9.17, 15) is 18.0 Å². The Bertz CT molecular complexity index is 1260. The Morgan fingerprint density at radius 2 is 1.68 bits per heavy atom. The molecule has 2 heterocycles. The summed E-state index contributed by atoms with van der Waals surface area (Å²) >= 11 is 0. The highest BCUT2D eigenvalue weighted by atomic mass is 32.2. The minimum atomic E-state index is -3.23. The van der Waals surface area contributed by atoms with E-state index < -0.39 is 9.84 Å². The molecule has 216 valence electrons. The Kier molecular flexibility index (Phi) is 8.95. The smallest absolute Gasteiger partial charge is 0.229 e. The van der Waals surface area contributed by atoms with Crippen molar-refractivity contribution in [1.82, 2.24) is 10.2 Å². The second kappa shape index (κ2) is 12.4. The summed E-state index contributed by atoms with van der Waals surface area (Å²) in [5.41, 5.74) is 1.87. The summed E-state index contributed by atoms with van der Waals surface area (Å²) in [5, 5.41) is 3.39. The first kappa shape index (κ1) is 28.8. The molecule has 2 aliphatic heterocycles. The molecule has 2 amide bonds. The van der Waals surface area contributed by atoms with E-state index in [4.69, 9.17) is 0 Å². The molecule has 1 atom stereocenters. The van der Waals surface area contributed by atoms with Gasteiger partial charge in [0.05, 0.1) is 36.0 Å². The quantitative estimate of drug-likeness (QED) is 0.488. The van der Waals surface area contributed by atoms with E-state index in [1.165, 1.54) is 23.1 Å². The third-order valence-corrected chi connectivity index (χ3v) is 10.6. The topological polar surface area (TPSA) is 88.0 Å². The van der Waals surface area contributed by atoms with Crippen LogP contribution in [0.15, 0.2) is 59.5 Å². The lowest BCUT2D eigenvalue weighted by Gasteiger charge is -2.36. The molecule has 40 heavy (non-hydrogen) atoms. The van der Waals surface area contributed by atoms with Gasteiger partial charge in [0, 0.05) is 44.5 Å². The van der Waals surface area contributed by atoms with E-state index in [1.807, 2.05) is 35.2 Å². The van der Waals surface area contributed by atoms with Gasteiger partial charge in [-0.15, -0.1) is 0 Å². The SMILES string of the molecule is CS(=O)(=O)c1ccc(CN2CCC3(CC[NH+](CC[C@H](NC(=O)C4CCCCC4)c4ccccc4)CC3)C2=O)cc1. The van der Waals surface area contributed by atoms with Crippen molar-refractivity contribution in [2.24, 2.45) is 11.3 Å². The number of carbonyl (C=O) groups excluding carboxylic acids is 2. The number of likely N-dealkylation sites (tertiary alicyclic amines) is 2. The maximum Gasteiger partial charge on any atom is 0.229 e. The number of sulfone groups is 1. The zero-order valence-electron chi connectivity index (χ0n) is 23.7. The molecule has 8 heteroatoms. The normalized spacial score (nSPS) is 24.8. The number of hydrogen-bond acceptors (Lipinski definition) is 4. The number of rotatable bonds is 9. The Labute approximate surface area is 239 Å². The summed E-state index contributed by atoms with van der Waals surface area (Å²) < 4.78 is 23.5. The first-order valence-electron chi connectivity index (χ1n) is 15.0. The molecule has 1 spiro atoms. The van der Waals surface area contributed by atoms with Crippen LogP contribution in [0.25, 0.3) is 0 Å². The molecule has 2 saturated heterocycles. The van der Waals surface area contributed by atoms with Crippen molar-refractivity contribution >= 4 is 21.7 Å². The Balaban J connectivity index is 1.14. The molecule has 2 N–H and O–H groups in total. The zero-order valence-corrected chi connectivity index (χ0v) is 24.6. The highest BCUT2D eigenvalue weighted by Crippen LogP contribution is 2.39. The second-order valence-electron chi connectivity index (χ2n) is 12.3. The van der Waals surface area contributed by atoms with Gasteiger partial charge in [-0.25, -0.2) is 8.42 Å². The van der Waals surface area contributed by atoms with Gasteiger partial charge in [-0.1, -0.05) is 61.7 Å². The molecule has 0 unspecified atom stereocenters. The molecule has 1 aliphatic carbocycles. The minimum absolute atomic E-state index is 0.0247. The van der Waals surface area contributed by atoms with E-state index in [0.29, 0.717) is 11.4 Å². The van der Waals surface area contributed by atoms with Crippen LogP contribution in [0, 0.1) is 11.3 Å². The molecular weight excluding hydrogens is 522 g/mol. The van der Waals surface area contributed by atoms with Crippen LogP contribution < -0.4 is 10.2 Å². The molecule has 1 saturated carbocycles. The van der Waals surface area contributed by atoms with Crippen molar-refractivity contribution in [3.8, 4) is 0 Å². The van der Waals surface area contributed by atoms with Crippen molar-refractivity contribution in [3.05, 3.63) is 65.7 Å². The van der Waals surface area contributed by atoms with Gasteiger partial charge in [-0.2, -0.15) is 0 Å². The van der Waals surface area contributed by atoms with Crippen molar-refractivity contribution in [2.45, 2.75) is 75.3 Å². The van der Waals surface area contributed by atoms with Crippen LogP contribution in [-0.2, 0) is 26.0 Å². The maximum atomic E-state index is 13.5. The van der Waals surface area contributed by atoms with Crippen LogP contribution in [0.2, 0.25) is 0 Å². The predicted molar refractivity (Wildman–Crippen MR) is 155 cm³/mol. The Morgan fingerprint density at radius 3 is 2.33 bits per heavy atom. The summed E-state index contributed by atoms with van der Waals surface area (Å²) in [5.74, 6) is 0.612. The summed E-state index contributed by atoms with van der Waals surface area (Å²) in [6.45, 7) is 4.21. The van der Waals surface area contributed by atoms with Gasteiger partial charge in [0.15, 0.2) is 9.84 Å². The van der Waals surface area contributed by atoms with Crippen molar-refractivity contribution in [1.29, 1.82) is 0 Å². The minimum Gasteiger partial charge on any atom is -0.349 e. The summed E-state index contributed by atoms with van der Waals surface area (Å²) in [4.78, 5) is 30.4. The number of quaternary nitrogens is 1. The summed E-state index contributed by atoms with van der Waals surface area (Å²) in [6, 6.07) is 17.3. The Morgan fingerprint density at radius 1 is 1.00 bits per heavy atom. The van der Waals surface area contributed by atoms with E-state index in [2.05, 4.69) is 17.4 Å². The Hall–Kier alpha value is -2.71. The number of hydrogen-bond donors (Lipinski definition) is 2. The fourth-order valence-corrected chi connectivity index (χ4v) is 7.54. The second-order valence-corrected chi connectivity index (χ2v) is 14.3. The van der Waals surface area contributed by atoms with Crippen molar-refractivity contribution in [3.63, 3.8) is 0 Å². The van der Waals surface area contributed by atoms with Crippen LogP contribution in [-0.4, -0.2) is 57.6 Å². The average molecular weight is 567 g/mol. The van der Waals surface area contributed by atoms with Gasteiger partial charge < -0.3 is 15.1 Å². The number of piperidine rings is 1. The molecule has 7 nitrogen and oxygen atoms in total. The summed E-state index contributed by atoms with van der Waals surface area (Å²) in [6.07, 6.45) is 10.3. The zero-order chi connectivity index (χ0) is 28.2. The lowest BCUT2D eigenvalue weighted by atomic mass is 9.77. The maximum absolute atomic E-state index is 13.5. The van der Waals surface area contributed by atoms with Gasteiger partial charge in [0.25, 0.3) is 0 Å². The van der Waals surface area contributed by atoms with E-state index in [0.717, 1.165) is 83.1 Å².